The van der Waals surface area contributed by atoms with Crippen molar-refractivity contribution >= 4 is 71.3 Å². The third-order valence-electron chi connectivity index (χ3n) is 2.90. The molecule has 25 heavy (non-hydrogen) atoms. The van der Waals surface area contributed by atoms with Crippen LogP contribution < -0.4 is 5.32 Å². The van der Waals surface area contributed by atoms with Crippen LogP contribution in [0.4, 0.5) is 5.82 Å². The number of hydrogen-bond acceptors (Lipinski definition) is 6. The number of carbonyl (C=O) groups is 1. The summed E-state index contributed by atoms with van der Waals surface area (Å²) in [6.45, 7) is 0. The number of carbonyl (C=O) groups excluding carboxylic acids is 1. The molecule has 0 bridgehead atoms. The van der Waals surface area contributed by atoms with E-state index >= 15 is 0 Å². The second kappa shape index (κ2) is 8.43. The van der Waals surface area contributed by atoms with E-state index in [1.54, 1.807) is 12.3 Å². The second-order valence-corrected chi connectivity index (χ2v) is 8.22. The van der Waals surface area contributed by atoms with Gasteiger partial charge in [-0.1, -0.05) is 23.9 Å². The standard InChI is InChI=1S/C15H9Br3N4O2S/c16-8-5-11(18)13(19-6-8)20-12(23)7-25-15-22-21-14(24-15)9-3-1-2-4-10(9)17/h1-6H,7H2,(H,19,20,23). The molecule has 0 aliphatic heterocycles. The fraction of sp³-hybridized carbons (Fsp3) is 0.0667. The summed E-state index contributed by atoms with van der Waals surface area (Å²) in [5, 5.41) is 11.0. The van der Waals surface area contributed by atoms with Crippen molar-refractivity contribution in [3.63, 3.8) is 0 Å². The monoisotopic (exact) mass is 546 g/mol. The summed E-state index contributed by atoms with van der Waals surface area (Å²) in [5.41, 5.74) is 0.800. The number of hydrogen-bond donors (Lipinski definition) is 1. The second-order valence-electron chi connectivity index (χ2n) is 4.67. The molecule has 1 aromatic carbocycles. The average molecular weight is 549 g/mol. The zero-order valence-electron chi connectivity index (χ0n) is 12.4. The fourth-order valence-electron chi connectivity index (χ4n) is 1.81. The molecule has 0 radical (unpaired) electrons. The van der Waals surface area contributed by atoms with Crippen LogP contribution in [-0.2, 0) is 4.79 Å². The molecule has 0 atom stereocenters. The highest BCUT2D eigenvalue weighted by Crippen LogP contribution is 2.29. The van der Waals surface area contributed by atoms with E-state index in [1.165, 1.54) is 0 Å². The fourth-order valence-corrected chi connectivity index (χ4v) is 3.92. The molecule has 10 heteroatoms. The number of nitrogens with one attached hydrogen (secondary N) is 1. The number of rotatable bonds is 5. The van der Waals surface area contributed by atoms with Crippen molar-refractivity contribution in [2.75, 3.05) is 11.1 Å². The lowest BCUT2D eigenvalue weighted by atomic mass is 10.2. The molecule has 2 heterocycles. The highest BCUT2D eigenvalue weighted by atomic mass is 79.9. The summed E-state index contributed by atoms with van der Waals surface area (Å²) in [4.78, 5) is 16.2. The predicted octanol–water partition coefficient (Wildman–Crippen LogP) is 5.15. The van der Waals surface area contributed by atoms with Crippen molar-refractivity contribution < 1.29 is 9.21 Å². The molecule has 3 aromatic rings. The smallest absolute Gasteiger partial charge is 0.277 e. The van der Waals surface area contributed by atoms with E-state index in [2.05, 4.69) is 68.3 Å². The lowest BCUT2D eigenvalue weighted by Crippen LogP contribution is -2.15. The van der Waals surface area contributed by atoms with E-state index in [0.717, 1.165) is 26.3 Å². The SMILES string of the molecule is O=C(CSc1nnc(-c2ccccc2Br)o1)Nc1ncc(Br)cc1Br. The summed E-state index contributed by atoms with van der Waals surface area (Å²) in [5.74, 6) is 0.754. The molecule has 0 saturated carbocycles. The molecule has 2 aromatic heterocycles. The maximum atomic E-state index is 12.1. The van der Waals surface area contributed by atoms with E-state index in [1.807, 2.05) is 24.3 Å². The van der Waals surface area contributed by atoms with Gasteiger partial charge in [-0.25, -0.2) is 4.98 Å². The van der Waals surface area contributed by atoms with Crippen molar-refractivity contribution in [2.45, 2.75) is 5.22 Å². The predicted molar refractivity (Wildman–Crippen MR) is 106 cm³/mol. The largest absolute Gasteiger partial charge is 0.411 e. The number of thioether (sulfide) groups is 1. The quantitative estimate of drug-likeness (QED) is 0.444. The van der Waals surface area contributed by atoms with Gasteiger partial charge in [0.2, 0.25) is 11.8 Å². The Bertz CT molecular complexity index is 919. The molecular weight excluding hydrogens is 540 g/mol. The molecule has 0 spiro atoms. The number of amides is 1. The molecule has 1 N–H and O–H groups in total. The van der Waals surface area contributed by atoms with Crippen LogP contribution in [0.1, 0.15) is 0 Å². The van der Waals surface area contributed by atoms with Gasteiger partial charge in [0.25, 0.3) is 5.22 Å². The summed E-state index contributed by atoms with van der Waals surface area (Å²) < 4.78 is 7.96. The minimum atomic E-state index is -0.221. The third kappa shape index (κ3) is 4.90. The summed E-state index contributed by atoms with van der Waals surface area (Å²) in [7, 11) is 0. The molecule has 0 aliphatic rings. The molecule has 0 saturated heterocycles. The summed E-state index contributed by atoms with van der Waals surface area (Å²) in [6, 6.07) is 9.35. The highest BCUT2D eigenvalue weighted by Gasteiger charge is 2.14. The van der Waals surface area contributed by atoms with Crippen LogP contribution in [0.3, 0.4) is 0 Å². The van der Waals surface area contributed by atoms with Crippen LogP contribution in [0, 0.1) is 0 Å². The molecule has 0 aliphatic carbocycles. The first kappa shape index (κ1) is 18.6. The first-order valence-electron chi connectivity index (χ1n) is 6.85. The van der Waals surface area contributed by atoms with Crippen LogP contribution in [0.5, 0.6) is 0 Å². The topological polar surface area (TPSA) is 80.9 Å². The van der Waals surface area contributed by atoms with Crippen molar-refractivity contribution in [3.05, 3.63) is 49.9 Å². The van der Waals surface area contributed by atoms with E-state index in [0.29, 0.717) is 21.4 Å². The Morgan fingerprint density at radius 1 is 1.16 bits per heavy atom. The lowest BCUT2D eigenvalue weighted by molar-refractivity contribution is -0.113. The van der Waals surface area contributed by atoms with Crippen LogP contribution in [0.2, 0.25) is 0 Å². The summed E-state index contributed by atoms with van der Waals surface area (Å²) >= 11 is 11.3. The van der Waals surface area contributed by atoms with E-state index in [4.69, 9.17) is 4.42 Å². The Kier molecular flexibility index (Phi) is 6.26. The van der Waals surface area contributed by atoms with Gasteiger partial charge < -0.3 is 9.73 Å². The number of benzene rings is 1. The normalized spacial score (nSPS) is 10.7. The third-order valence-corrected chi connectivity index (χ3v) is 5.45. The lowest BCUT2D eigenvalue weighted by Gasteiger charge is -2.05. The van der Waals surface area contributed by atoms with Gasteiger partial charge in [-0.3, -0.25) is 4.79 Å². The number of anilines is 1. The van der Waals surface area contributed by atoms with Crippen LogP contribution in [0.25, 0.3) is 11.5 Å². The Morgan fingerprint density at radius 3 is 2.72 bits per heavy atom. The zero-order valence-corrected chi connectivity index (χ0v) is 17.9. The van der Waals surface area contributed by atoms with Gasteiger partial charge in [0.05, 0.1) is 15.8 Å². The number of aromatic nitrogens is 3. The minimum Gasteiger partial charge on any atom is -0.411 e. The van der Waals surface area contributed by atoms with Crippen molar-refractivity contribution in [1.82, 2.24) is 15.2 Å². The van der Waals surface area contributed by atoms with Gasteiger partial charge in [0.15, 0.2) is 0 Å². The molecular formula is C15H9Br3N4O2S. The van der Waals surface area contributed by atoms with E-state index in [-0.39, 0.29) is 11.7 Å². The van der Waals surface area contributed by atoms with Crippen molar-refractivity contribution in [3.8, 4) is 11.5 Å². The number of pyridine rings is 1. The first-order chi connectivity index (χ1) is 12.0. The van der Waals surface area contributed by atoms with Gasteiger partial charge in [-0.2, -0.15) is 0 Å². The van der Waals surface area contributed by atoms with Crippen LogP contribution >= 0.6 is 59.6 Å². The van der Waals surface area contributed by atoms with E-state index in [9.17, 15) is 4.79 Å². The molecule has 128 valence electrons. The van der Waals surface area contributed by atoms with Gasteiger partial charge in [-0.05, 0) is 66.0 Å². The first-order valence-corrected chi connectivity index (χ1v) is 10.2. The number of halogens is 3. The maximum Gasteiger partial charge on any atom is 0.277 e. The molecule has 6 nitrogen and oxygen atoms in total. The highest BCUT2D eigenvalue weighted by molar-refractivity contribution is 9.11. The molecule has 0 fully saturated rings. The minimum absolute atomic E-state index is 0.127. The van der Waals surface area contributed by atoms with Gasteiger partial charge in [0.1, 0.15) is 5.82 Å². The Labute approximate surface area is 172 Å². The Morgan fingerprint density at radius 2 is 1.96 bits per heavy atom. The molecule has 1 amide bonds. The van der Waals surface area contributed by atoms with Gasteiger partial charge in [-0.15, -0.1) is 10.2 Å². The zero-order chi connectivity index (χ0) is 17.8. The Balaban J connectivity index is 1.60. The van der Waals surface area contributed by atoms with Crippen LogP contribution in [0.15, 0.2) is 59.6 Å². The number of nitrogens with zero attached hydrogens (tertiary/aromatic N) is 3. The van der Waals surface area contributed by atoms with Gasteiger partial charge in [0, 0.05) is 15.1 Å². The maximum absolute atomic E-state index is 12.1. The average Bonchev–Trinajstić information content (AvgIpc) is 3.05. The Hall–Kier alpha value is -1.23. The molecule has 3 rings (SSSR count). The molecule has 0 unspecified atom stereocenters. The summed E-state index contributed by atoms with van der Waals surface area (Å²) in [6.07, 6.45) is 1.61. The van der Waals surface area contributed by atoms with E-state index < -0.39 is 0 Å². The van der Waals surface area contributed by atoms with Crippen molar-refractivity contribution in [1.29, 1.82) is 0 Å². The van der Waals surface area contributed by atoms with Crippen LogP contribution in [-0.4, -0.2) is 26.8 Å². The van der Waals surface area contributed by atoms with Crippen molar-refractivity contribution in [2.24, 2.45) is 0 Å². The van der Waals surface area contributed by atoms with Gasteiger partial charge >= 0.3 is 0 Å².